The predicted octanol–water partition coefficient (Wildman–Crippen LogP) is 9.30. The normalized spacial score (nSPS) is 15.3. The first-order valence-electron chi connectivity index (χ1n) is 14.9. The van der Waals surface area contributed by atoms with Crippen LogP contribution < -0.4 is 9.47 Å². The zero-order valence-electron chi connectivity index (χ0n) is 26.1. The maximum Gasteiger partial charge on any atom is 0.231 e. The number of aryl methyl sites for hydroxylation is 1. The van der Waals surface area contributed by atoms with Crippen LogP contribution in [0.4, 0.5) is 0 Å². The van der Waals surface area contributed by atoms with Gasteiger partial charge in [0.1, 0.15) is 6.10 Å². The molecule has 4 nitrogen and oxygen atoms in total. The molecule has 1 heterocycles. The van der Waals surface area contributed by atoms with Crippen LogP contribution in [0.3, 0.4) is 0 Å². The van der Waals surface area contributed by atoms with E-state index in [4.69, 9.17) is 18.3 Å². The zero-order valence-corrected chi connectivity index (χ0v) is 28.1. The Bertz CT molecular complexity index is 880. The van der Waals surface area contributed by atoms with E-state index in [9.17, 15) is 0 Å². The first-order valence-corrected chi connectivity index (χ1v) is 18.9. The van der Waals surface area contributed by atoms with Crippen molar-refractivity contribution in [2.75, 3.05) is 6.79 Å². The second-order valence-corrected chi connectivity index (χ2v) is 21.5. The van der Waals surface area contributed by atoms with Crippen LogP contribution in [0.15, 0.2) is 18.2 Å². The molecule has 0 N–H and O–H groups in total. The van der Waals surface area contributed by atoms with Gasteiger partial charge in [0.25, 0.3) is 0 Å². The van der Waals surface area contributed by atoms with Crippen molar-refractivity contribution < 1.29 is 18.3 Å². The van der Waals surface area contributed by atoms with Gasteiger partial charge in [-0.3, -0.25) is 0 Å². The minimum Gasteiger partial charge on any atom is -0.454 e. The Labute approximate surface area is 237 Å². The third kappa shape index (κ3) is 10.0. The number of ether oxygens (including phenoxy) is 2. The summed E-state index contributed by atoms with van der Waals surface area (Å²) < 4.78 is 24.7. The molecule has 0 amide bonds. The summed E-state index contributed by atoms with van der Waals surface area (Å²) in [6.45, 7) is 23.3. The molecule has 38 heavy (non-hydrogen) atoms. The fourth-order valence-corrected chi connectivity index (χ4v) is 11.8. The molecule has 0 aliphatic carbocycles. The van der Waals surface area contributed by atoms with E-state index < -0.39 is 17.4 Å². The minimum absolute atomic E-state index is 0.000386. The van der Waals surface area contributed by atoms with Crippen LogP contribution in [0.5, 0.6) is 11.5 Å². The fraction of sp³-hybridized carbons (Fsp3) is 0.750. The summed E-state index contributed by atoms with van der Waals surface area (Å²) >= 11 is 0. The SMILES string of the molecule is CC[Si](CC)(CC)O[C@@H](C)[C@@H](C#CCCCCCCc1ccc2c(c1)OCO2)O[Si](C(C)(C)C)C(C)(C)C. The third-order valence-corrected chi connectivity index (χ3v) is 15.6. The summed E-state index contributed by atoms with van der Waals surface area (Å²) in [5, 5.41) is 0.241. The number of hydrogen-bond donors (Lipinski definition) is 0. The Morgan fingerprint density at radius 1 is 0.895 bits per heavy atom. The topological polar surface area (TPSA) is 36.9 Å². The van der Waals surface area contributed by atoms with Gasteiger partial charge in [0, 0.05) is 6.42 Å². The van der Waals surface area contributed by atoms with Gasteiger partial charge in [-0.2, -0.15) is 0 Å². The molecule has 215 valence electrons. The van der Waals surface area contributed by atoms with Gasteiger partial charge in [-0.15, -0.1) is 5.92 Å². The number of benzene rings is 1. The lowest BCUT2D eigenvalue weighted by Gasteiger charge is -2.41. The van der Waals surface area contributed by atoms with Crippen LogP contribution >= 0.6 is 0 Å². The van der Waals surface area contributed by atoms with Crippen molar-refractivity contribution in [1.29, 1.82) is 0 Å². The van der Waals surface area contributed by atoms with Gasteiger partial charge in [-0.1, -0.05) is 87.1 Å². The van der Waals surface area contributed by atoms with Gasteiger partial charge >= 0.3 is 0 Å². The zero-order chi connectivity index (χ0) is 28.4. The van der Waals surface area contributed by atoms with Gasteiger partial charge in [0.15, 0.2) is 19.8 Å². The van der Waals surface area contributed by atoms with Crippen LogP contribution in [0.1, 0.15) is 107 Å². The van der Waals surface area contributed by atoms with Crippen molar-refractivity contribution in [1.82, 2.24) is 0 Å². The van der Waals surface area contributed by atoms with Gasteiger partial charge in [0.05, 0.1) is 6.10 Å². The van der Waals surface area contributed by atoms with Gasteiger partial charge in [-0.05, 0) is 72.1 Å². The van der Waals surface area contributed by atoms with E-state index in [-0.39, 0.29) is 22.3 Å². The molecule has 0 bridgehead atoms. The highest BCUT2D eigenvalue weighted by atomic mass is 28.4. The highest BCUT2D eigenvalue weighted by Crippen LogP contribution is 2.43. The van der Waals surface area contributed by atoms with Gasteiger partial charge in [0.2, 0.25) is 15.8 Å². The molecule has 0 fully saturated rings. The minimum atomic E-state index is -1.74. The van der Waals surface area contributed by atoms with Crippen LogP contribution in [-0.2, 0) is 15.3 Å². The predicted molar refractivity (Wildman–Crippen MR) is 165 cm³/mol. The summed E-state index contributed by atoms with van der Waals surface area (Å²) in [7, 11) is -2.90. The number of unbranched alkanes of at least 4 members (excludes halogenated alkanes) is 4. The summed E-state index contributed by atoms with van der Waals surface area (Å²) in [6.07, 6.45) is 6.57. The molecule has 2 atom stereocenters. The van der Waals surface area contributed by atoms with Crippen molar-refractivity contribution in [2.24, 2.45) is 0 Å². The van der Waals surface area contributed by atoms with E-state index in [2.05, 4.69) is 93.2 Å². The maximum atomic E-state index is 6.95. The molecule has 0 aromatic heterocycles. The molecular formula is C32H55O4Si2. The molecule has 2 rings (SSSR count). The van der Waals surface area contributed by atoms with Crippen molar-refractivity contribution in [3.8, 4) is 23.3 Å². The van der Waals surface area contributed by atoms with E-state index in [1.54, 1.807) is 0 Å². The monoisotopic (exact) mass is 559 g/mol. The van der Waals surface area contributed by atoms with Crippen LogP contribution in [0.25, 0.3) is 0 Å². The molecule has 1 aliphatic heterocycles. The average molecular weight is 560 g/mol. The Kier molecular flexibility index (Phi) is 12.9. The second-order valence-electron chi connectivity index (χ2n) is 12.9. The largest absolute Gasteiger partial charge is 0.454 e. The molecule has 0 unspecified atom stereocenters. The van der Waals surface area contributed by atoms with E-state index in [0.29, 0.717) is 6.79 Å². The molecule has 1 aromatic carbocycles. The molecular weight excluding hydrogens is 505 g/mol. The lowest BCUT2D eigenvalue weighted by Crippen LogP contribution is -2.47. The van der Waals surface area contributed by atoms with Crippen molar-refractivity contribution in [3.05, 3.63) is 23.8 Å². The average Bonchev–Trinajstić information content (AvgIpc) is 3.32. The molecule has 0 saturated heterocycles. The molecule has 1 radical (unpaired) electrons. The summed E-state index contributed by atoms with van der Waals surface area (Å²) in [6, 6.07) is 9.74. The summed E-state index contributed by atoms with van der Waals surface area (Å²) in [4.78, 5) is 0. The molecule has 1 aliphatic rings. The van der Waals surface area contributed by atoms with Crippen LogP contribution in [-0.4, -0.2) is 36.4 Å². The van der Waals surface area contributed by atoms with Crippen LogP contribution in [0.2, 0.25) is 28.2 Å². The number of rotatable bonds is 14. The molecule has 1 aromatic rings. The second kappa shape index (κ2) is 14.9. The maximum absolute atomic E-state index is 6.95. The fourth-order valence-electron chi connectivity index (χ4n) is 5.47. The highest BCUT2D eigenvalue weighted by Gasteiger charge is 2.42. The Hall–Kier alpha value is -1.27. The highest BCUT2D eigenvalue weighted by molar-refractivity contribution is 6.73. The van der Waals surface area contributed by atoms with E-state index in [1.165, 1.54) is 24.8 Å². The Morgan fingerprint density at radius 3 is 2.11 bits per heavy atom. The van der Waals surface area contributed by atoms with E-state index >= 15 is 0 Å². The first-order chi connectivity index (χ1) is 17.8. The number of fused-ring (bicyclic) bond motifs is 1. The Balaban J connectivity index is 1.94. The lowest BCUT2D eigenvalue weighted by molar-refractivity contribution is 0.0841. The quantitative estimate of drug-likeness (QED) is 0.129. The van der Waals surface area contributed by atoms with E-state index in [0.717, 1.165) is 48.9 Å². The smallest absolute Gasteiger partial charge is 0.231 e. The summed E-state index contributed by atoms with van der Waals surface area (Å²) in [5.74, 6) is 8.79. The van der Waals surface area contributed by atoms with Crippen molar-refractivity contribution >= 4 is 17.4 Å². The van der Waals surface area contributed by atoms with Crippen molar-refractivity contribution in [2.45, 2.75) is 148 Å². The van der Waals surface area contributed by atoms with Gasteiger partial charge in [-0.25, -0.2) is 0 Å². The van der Waals surface area contributed by atoms with Gasteiger partial charge < -0.3 is 18.3 Å². The number of hydrogen-bond acceptors (Lipinski definition) is 4. The molecule has 0 saturated carbocycles. The first kappa shape index (κ1) is 32.9. The summed E-state index contributed by atoms with van der Waals surface area (Å²) in [5.41, 5.74) is 1.32. The molecule has 6 heteroatoms. The van der Waals surface area contributed by atoms with Crippen molar-refractivity contribution in [3.63, 3.8) is 0 Å². The standard InChI is InChI=1S/C32H55O4Si2/c1-11-38(12-2,13-3)36-26(4)28(35-37(31(5,6)7)32(8,9)10)21-19-17-15-14-16-18-20-27-22-23-29-30(24-27)34-25-33-29/h22-24,26,28H,11-18,20,25H2,1-10H3/t26-,28+/m0/s1. The van der Waals surface area contributed by atoms with E-state index in [1.807, 2.05) is 6.07 Å². The van der Waals surface area contributed by atoms with Crippen LogP contribution in [0, 0.1) is 11.8 Å². The third-order valence-electron chi connectivity index (χ3n) is 7.60. The molecule has 0 spiro atoms. The lowest BCUT2D eigenvalue weighted by atomic mass is 10.0. The Morgan fingerprint density at radius 2 is 1.50 bits per heavy atom.